The van der Waals surface area contributed by atoms with E-state index >= 15 is 0 Å². The molecule has 0 saturated carbocycles. The van der Waals surface area contributed by atoms with Crippen LogP contribution in [-0.2, 0) is 4.79 Å². The molecule has 0 aromatic heterocycles. The zero-order chi connectivity index (χ0) is 16.4. The van der Waals surface area contributed by atoms with E-state index in [-0.39, 0.29) is 18.4 Å². The van der Waals surface area contributed by atoms with Crippen LogP contribution in [0.15, 0.2) is 28.7 Å². The summed E-state index contributed by atoms with van der Waals surface area (Å²) >= 11 is 4.96. The number of hydrogen-bond acceptors (Lipinski definition) is 4. The van der Waals surface area contributed by atoms with Crippen LogP contribution in [0.3, 0.4) is 0 Å². The van der Waals surface area contributed by atoms with Gasteiger partial charge in [-0.3, -0.25) is 9.59 Å². The molecular formula is C15H21BrN2O3S. The van der Waals surface area contributed by atoms with Crippen molar-refractivity contribution in [3.63, 3.8) is 0 Å². The molecule has 1 atom stereocenters. The quantitative estimate of drug-likeness (QED) is 0.563. The highest BCUT2D eigenvalue weighted by molar-refractivity contribution is 9.10. The largest absolute Gasteiger partial charge is 0.396 e. The van der Waals surface area contributed by atoms with E-state index in [1.54, 1.807) is 30.0 Å². The molecule has 0 saturated heterocycles. The first-order valence-electron chi connectivity index (χ1n) is 7.03. The molecule has 0 aliphatic carbocycles. The van der Waals surface area contributed by atoms with Crippen LogP contribution in [0.1, 0.15) is 23.2 Å². The lowest BCUT2D eigenvalue weighted by Gasteiger charge is -2.18. The Balaban J connectivity index is 2.69. The Morgan fingerprint density at radius 2 is 2.09 bits per heavy atom. The molecule has 3 N–H and O–H groups in total. The summed E-state index contributed by atoms with van der Waals surface area (Å²) in [6.45, 7) is 0.426. The lowest BCUT2D eigenvalue weighted by Crippen LogP contribution is -2.47. The van der Waals surface area contributed by atoms with Crippen molar-refractivity contribution in [2.24, 2.45) is 0 Å². The minimum atomic E-state index is -0.578. The van der Waals surface area contributed by atoms with E-state index in [1.165, 1.54) is 0 Å². The molecule has 1 rings (SSSR count). The lowest BCUT2D eigenvalue weighted by molar-refractivity contribution is -0.123. The molecule has 1 unspecified atom stereocenters. The molecule has 2 amide bonds. The maximum absolute atomic E-state index is 12.3. The fourth-order valence-corrected chi connectivity index (χ4v) is 2.74. The SMILES string of the molecule is CSCCC(NC(=O)c1ccccc1Br)C(=O)NCCCO. The second-order valence-corrected chi connectivity index (χ2v) is 6.50. The molecule has 0 bridgehead atoms. The first-order chi connectivity index (χ1) is 10.6. The summed E-state index contributed by atoms with van der Waals surface area (Å²) in [7, 11) is 0. The average molecular weight is 389 g/mol. The predicted octanol–water partition coefficient (Wildman–Crippen LogP) is 1.80. The zero-order valence-electron chi connectivity index (χ0n) is 12.5. The van der Waals surface area contributed by atoms with E-state index < -0.39 is 6.04 Å². The fraction of sp³-hybridized carbons (Fsp3) is 0.467. The number of benzene rings is 1. The van der Waals surface area contributed by atoms with Crippen LogP contribution in [-0.4, -0.2) is 48.1 Å². The summed E-state index contributed by atoms with van der Waals surface area (Å²) in [5.41, 5.74) is 0.500. The Labute approximate surface area is 143 Å². The van der Waals surface area contributed by atoms with E-state index in [2.05, 4.69) is 26.6 Å². The van der Waals surface area contributed by atoms with Gasteiger partial charge in [0, 0.05) is 17.6 Å². The fourth-order valence-electron chi connectivity index (χ4n) is 1.80. The second-order valence-electron chi connectivity index (χ2n) is 4.66. The minimum Gasteiger partial charge on any atom is -0.396 e. The van der Waals surface area contributed by atoms with E-state index in [1.807, 2.05) is 12.3 Å². The molecule has 5 nitrogen and oxygen atoms in total. The normalized spacial score (nSPS) is 11.8. The Morgan fingerprint density at radius 1 is 1.36 bits per heavy atom. The van der Waals surface area contributed by atoms with Crippen LogP contribution in [0.2, 0.25) is 0 Å². The summed E-state index contributed by atoms with van der Waals surface area (Å²) < 4.78 is 0.691. The molecule has 22 heavy (non-hydrogen) atoms. The molecule has 0 aliphatic heterocycles. The predicted molar refractivity (Wildman–Crippen MR) is 93.1 cm³/mol. The maximum Gasteiger partial charge on any atom is 0.253 e. The third-order valence-electron chi connectivity index (χ3n) is 2.99. The minimum absolute atomic E-state index is 0.0269. The van der Waals surface area contributed by atoms with Crippen molar-refractivity contribution in [2.75, 3.05) is 25.2 Å². The van der Waals surface area contributed by atoms with Crippen LogP contribution in [0.5, 0.6) is 0 Å². The van der Waals surface area contributed by atoms with Crippen molar-refractivity contribution < 1.29 is 14.7 Å². The highest BCUT2D eigenvalue weighted by Gasteiger charge is 2.21. The van der Waals surface area contributed by atoms with E-state index in [0.717, 1.165) is 5.75 Å². The number of hydrogen-bond donors (Lipinski definition) is 3. The smallest absolute Gasteiger partial charge is 0.253 e. The van der Waals surface area contributed by atoms with Crippen LogP contribution >= 0.6 is 27.7 Å². The van der Waals surface area contributed by atoms with Gasteiger partial charge in [-0.05, 0) is 52.9 Å². The Morgan fingerprint density at radius 3 is 2.73 bits per heavy atom. The summed E-state index contributed by atoms with van der Waals surface area (Å²) in [6.07, 6.45) is 3.01. The Kier molecular flexibility index (Phi) is 9.19. The molecule has 0 heterocycles. The molecule has 0 spiro atoms. The van der Waals surface area contributed by atoms with Gasteiger partial charge in [-0.2, -0.15) is 11.8 Å². The van der Waals surface area contributed by atoms with E-state index in [4.69, 9.17) is 5.11 Å². The molecule has 1 aromatic carbocycles. The molecule has 7 heteroatoms. The van der Waals surface area contributed by atoms with E-state index in [9.17, 15) is 9.59 Å². The summed E-state index contributed by atoms with van der Waals surface area (Å²) in [5, 5.41) is 14.3. The van der Waals surface area contributed by atoms with Gasteiger partial charge in [-0.15, -0.1) is 0 Å². The number of nitrogens with one attached hydrogen (secondary N) is 2. The van der Waals surface area contributed by atoms with Gasteiger partial charge in [0.1, 0.15) is 6.04 Å². The molecule has 1 aromatic rings. The van der Waals surface area contributed by atoms with Gasteiger partial charge in [0.05, 0.1) is 5.56 Å². The van der Waals surface area contributed by atoms with Crippen molar-refractivity contribution >= 4 is 39.5 Å². The molecule has 122 valence electrons. The van der Waals surface area contributed by atoms with Crippen molar-refractivity contribution in [2.45, 2.75) is 18.9 Å². The Hall–Kier alpha value is -1.05. The second kappa shape index (κ2) is 10.6. The van der Waals surface area contributed by atoms with Crippen LogP contribution in [0.25, 0.3) is 0 Å². The number of halogens is 1. The number of carbonyl (C=O) groups excluding carboxylic acids is 2. The molecular weight excluding hydrogens is 368 g/mol. The van der Waals surface area contributed by atoms with Crippen LogP contribution in [0.4, 0.5) is 0 Å². The number of rotatable bonds is 9. The third-order valence-corrected chi connectivity index (χ3v) is 4.32. The highest BCUT2D eigenvalue weighted by Crippen LogP contribution is 2.16. The molecule has 0 aliphatic rings. The summed E-state index contributed by atoms with van der Waals surface area (Å²) in [6, 6.07) is 6.51. The maximum atomic E-state index is 12.3. The van der Waals surface area contributed by atoms with Gasteiger partial charge in [0.15, 0.2) is 0 Å². The molecule has 0 fully saturated rings. The van der Waals surface area contributed by atoms with Crippen molar-refractivity contribution in [1.29, 1.82) is 0 Å². The number of aliphatic hydroxyl groups is 1. The summed E-state index contributed by atoms with van der Waals surface area (Å²) in [4.78, 5) is 24.5. The highest BCUT2D eigenvalue weighted by atomic mass is 79.9. The first-order valence-corrected chi connectivity index (χ1v) is 9.21. The number of thioether (sulfide) groups is 1. The molecule has 0 radical (unpaired) electrons. The van der Waals surface area contributed by atoms with Crippen LogP contribution in [0, 0.1) is 0 Å². The van der Waals surface area contributed by atoms with Crippen molar-refractivity contribution in [3.05, 3.63) is 34.3 Å². The zero-order valence-corrected chi connectivity index (χ0v) is 14.9. The standard InChI is InChI=1S/C15H21BrN2O3S/c1-22-10-7-13(15(21)17-8-4-9-19)18-14(20)11-5-2-3-6-12(11)16/h2-3,5-6,13,19H,4,7-10H2,1H3,(H,17,21)(H,18,20). The third kappa shape index (κ3) is 6.37. The van der Waals surface area contributed by atoms with E-state index in [0.29, 0.717) is 29.4 Å². The van der Waals surface area contributed by atoms with Gasteiger partial charge in [0.2, 0.25) is 5.91 Å². The first kappa shape index (κ1) is 19.0. The number of amides is 2. The average Bonchev–Trinajstić information content (AvgIpc) is 2.51. The Bertz CT molecular complexity index is 499. The lowest BCUT2D eigenvalue weighted by atomic mass is 10.1. The van der Waals surface area contributed by atoms with Gasteiger partial charge in [-0.25, -0.2) is 0 Å². The topological polar surface area (TPSA) is 78.4 Å². The summed E-state index contributed by atoms with van der Waals surface area (Å²) in [5.74, 6) is 0.271. The van der Waals surface area contributed by atoms with Gasteiger partial charge >= 0.3 is 0 Å². The van der Waals surface area contributed by atoms with Gasteiger partial charge in [-0.1, -0.05) is 12.1 Å². The number of aliphatic hydroxyl groups excluding tert-OH is 1. The van der Waals surface area contributed by atoms with Crippen molar-refractivity contribution in [3.8, 4) is 0 Å². The van der Waals surface area contributed by atoms with Crippen molar-refractivity contribution in [1.82, 2.24) is 10.6 Å². The number of carbonyl (C=O) groups is 2. The van der Waals surface area contributed by atoms with Gasteiger partial charge in [0.25, 0.3) is 5.91 Å². The van der Waals surface area contributed by atoms with Gasteiger partial charge < -0.3 is 15.7 Å². The monoisotopic (exact) mass is 388 g/mol. The van der Waals surface area contributed by atoms with Crippen LogP contribution < -0.4 is 10.6 Å².